The second-order valence-electron chi connectivity index (χ2n) is 9.77. The molecule has 0 aromatic heterocycles. The molecule has 0 aliphatic carbocycles. The highest BCUT2D eigenvalue weighted by molar-refractivity contribution is 5.87. The Labute approximate surface area is 228 Å². The number of hydrogen-bond donors (Lipinski definition) is 0. The summed E-state index contributed by atoms with van der Waals surface area (Å²) in [5.74, 6) is 0.872. The Morgan fingerprint density at radius 1 is 0.842 bits per heavy atom. The van der Waals surface area contributed by atoms with E-state index in [0.717, 1.165) is 34.8 Å². The number of benzene rings is 3. The summed E-state index contributed by atoms with van der Waals surface area (Å²) < 4.78 is 0. The van der Waals surface area contributed by atoms with Crippen LogP contribution in [-0.4, -0.2) is 34.6 Å². The summed E-state index contributed by atoms with van der Waals surface area (Å²) in [6.45, 7) is 15.9. The number of rotatable bonds is 5. The van der Waals surface area contributed by atoms with Crippen molar-refractivity contribution in [2.45, 2.75) is 53.0 Å². The first-order valence-corrected chi connectivity index (χ1v) is 13.6. The molecule has 0 saturated heterocycles. The van der Waals surface area contributed by atoms with Crippen LogP contribution in [-0.2, 0) is 4.79 Å². The number of aryl methyl sites for hydroxylation is 1. The van der Waals surface area contributed by atoms with Gasteiger partial charge in [-0.25, -0.2) is 4.99 Å². The van der Waals surface area contributed by atoms with Crippen LogP contribution in [0.4, 0.5) is 0 Å². The van der Waals surface area contributed by atoms with Gasteiger partial charge in [0.05, 0.1) is 24.2 Å². The van der Waals surface area contributed by atoms with Gasteiger partial charge in [-0.15, -0.1) is 0 Å². The van der Waals surface area contributed by atoms with Gasteiger partial charge < -0.3 is 9.80 Å². The molecule has 2 heterocycles. The number of carbonyl (C=O) groups is 1. The van der Waals surface area contributed by atoms with E-state index in [0.29, 0.717) is 13.1 Å². The average molecular weight is 506 g/mol. The fourth-order valence-electron chi connectivity index (χ4n) is 5.31. The Bertz CT molecular complexity index is 1280. The molecule has 2 aliphatic rings. The first-order valence-electron chi connectivity index (χ1n) is 13.6. The molecule has 1 unspecified atom stereocenters. The zero-order chi connectivity index (χ0) is 27.2. The fourth-order valence-corrected chi connectivity index (χ4v) is 5.31. The summed E-state index contributed by atoms with van der Waals surface area (Å²) in [5, 5.41) is 0. The van der Waals surface area contributed by atoms with Crippen LogP contribution in [0.2, 0.25) is 0 Å². The lowest BCUT2D eigenvalue weighted by molar-refractivity contribution is -0.132. The van der Waals surface area contributed by atoms with Crippen molar-refractivity contribution in [2.75, 3.05) is 13.1 Å². The van der Waals surface area contributed by atoms with Gasteiger partial charge in [-0.3, -0.25) is 4.79 Å². The van der Waals surface area contributed by atoms with Crippen LogP contribution < -0.4 is 0 Å². The predicted molar refractivity (Wildman–Crippen MR) is 158 cm³/mol. The molecule has 0 saturated carbocycles. The molecular formula is C34H39N3O. The van der Waals surface area contributed by atoms with Gasteiger partial charge in [0, 0.05) is 17.8 Å². The molecule has 0 fully saturated rings. The quantitative estimate of drug-likeness (QED) is 0.357. The third kappa shape index (κ3) is 5.50. The minimum atomic E-state index is -0.179. The van der Waals surface area contributed by atoms with Crippen LogP contribution in [0.3, 0.4) is 0 Å². The maximum Gasteiger partial charge on any atom is 0.230 e. The highest BCUT2D eigenvalue weighted by atomic mass is 16.2. The van der Waals surface area contributed by atoms with Crippen molar-refractivity contribution in [2.24, 2.45) is 4.99 Å². The molecule has 0 N–H and O–H groups in total. The molecule has 3 aromatic carbocycles. The molecule has 0 radical (unpaired) electrons. The molecule has 4 heteroatoms. The van der Waals surface area contributed by atoms with Crippen LogP contribution in [0.25, 0.3) is 0 Å². The van der Waals surface area contributed by atoms with Gasteiger partial charge in [0.2, 0.25) is 5.91 Å². The van der Waals surface area contributed by atoms with Gasteiger partial charge in [0.25, 0.3) is 0 Å². The monoisotopic (exact) mass is 505 g/mol. The van der Waals surface area contributed by atoms with E-state index < -0.39 is 0 Å². The number of carbonyl (C=O) groups excluding carboxylic acids is 1. The second-order valence-corrected chi connectivity index (χ2v) is 9.77. The summed E-state index contributed by atoms with van der Waals surface area (Å²) in [4.78, 5) is 22.7. The Morgan fingerprint density at radius 2 is 1.39 bits per heavy atom. The minimum absolute atomic E-state index is 0.0149. The smallest absolute Gasteiger partial charge is 0.230 e. The predicted octanol–water partition coefficient (Wildman–Crippen LogP) is 7.65. The van der Waals surface area contributed by atoms with Gasteiger partial charge in [0.15, 0.2) is 0 Å². The maximum atomic E-state index is 13.4. The lowest BCUT2D eigenvalue weighted by Crippen LogP contribution is -2.43. The van der Waals surface area contributed by atoms with Crippen molar-refractivity contribution in [3.05, 3.63) is 131 Å². The summed E-state index contributed by atoms with van der Waals surface area (Å²) >= 11 is 0. The molecular weight excluding hydrogens is 466 g/mol. The van der Waals surface area contributed by atoms with Crippen LogP contribution >= 0.6 is 0 Å². The van der Waals surface area contributed by atoms with Crippen molar-refractivity contribution in [3.63, 3.8) is 0 Å². The molecule has 196 valence electrons. The second kappa shape index (κ2) is 12.1. The van der Waals surface area contributed by atoms with Crippen LogP contribution in [0.1, 0.15) is 68.3 Å². The Morgan fingerprint density at radius 3 is 1.95 bits per heavy atom. The zero-order valence-corrected chi connectivity index (χ0v) is 23.3. The van der Waals surface area contributed by atoms with Crippen molar-refractivity contribution in [3.8, 4) is 0 Å². The highest BCUT2D eigenvalue weighted by Gasteiger charge is 2.35. The molecule has 0 bridgehead atoms. The number of allylic oxidation sites excluding steroid dienone is 1. The molecule has 5 rings (SSSR count). The number of aliphatic imine (C=N–C) groups is 1. The summed E-state index contributed by atoms with van der Waals surface area (Å²) in [6, 6.07) is 29.3. The van der Waals surface area contributed by atoms with Gasteiger partial charge in [-0.05, 0) is 43.9 Å². The lowest BCUT2D eigenvalue weighted by Gasteiger charge is -2.42. The Hall–Kier alpha value is -3.92. The normalized spacial score (nSPS) is 15.9. The van der Waals surface area contributed by atoms with Gasteiger partial charge in [-0.1, -0.05) is 111 Å². The molecule has 1 atom stereocenters. The van der Waals surface area contributed by atoms with E-state index in [1.165, 1.54) is 16.7 Å². The molecule has 2 aliphatic heterocycles. The van der Waals surface area contributed by atoms with Crippen molar-refractivity contribution in [1.29, 1.82) is 0 Å². The van der Waals surface area contributed by atoms with E-state index in [9.17, 15) is 4.79 Å². The number of amides is 1. The standard InChI is InChI=1S/C32H33N3O.C2H6/c1-22-15-17-26(18-16-22)23(2)32(36)34-20-19-29-24(3)35(25(4)33-30(29)21-34)31(27-11-7-5-8-12-27)28-13-9-6-10-14-28;1-2/h5-18,23,31H,3,19-21H2,1-2,4H3;1-2H3. The van der Waals surface area contributed by atoms with E-state index in [1.54, 1.807) is 0 Å². The van der Waals surface area contributed by atoms with E-state index in [2.05, 4.69) is 91.2 Å². The zero-order valence-electron chi connectivity index (χ0n) is 23.3. The van der Waals surface area contributed by atoms with Crippen molar-refractivity contribution < 1.29 is 4.79 Å². The van der Waals surface area contributed by atoms with Crippen LogP contribution in [0.15, 0.2) is 113 Å². The average Bonchev–Trinajstić information content (AvgIpc) is 2.96. The van der Waals surface area contributed by atoms with Crippen molar-refractivity contribution >= 4 is 11.7 Å². The summed E-state index contributed by atoms with van der Waals surface area (Å²) in [6.07, 6.45) is 0.754. The first kappa shape index (κ1) is 27.1. The van der Waals surface area contributed by atoms with Gasteiger partial charge >= 0.3 is 0 Å². The third-order valence-electron chi connectivity index (χ3n) is 7.35. The topological polar surface area (TPSA) is 35.9 Å². The van der Waals surface area contributed by atoms with Gasteiger partial charge in [-0.2, -0.15) is 0 Å². The molecule has 1 amide bonds. The van der Waals surface area contributed by atoms with E-state index in [1.807, 2.05) is 44.7 Å². The largest absolute Gasteiger partial charge is 0.336 e. The van der Waals surface area contributed by atoms with E-state index in [-0.39, 0.29) is 17.9 Å². The van der Waals surface area contributed by atoms with E-state index in [4.69, 9.17) is 4.99 Å². The summed E-state index contributed by atoms with van der Waals surface area (Å²) in [7, 11) is 0. The van der Waals surface area contributed by atoms with Crippen molar-refractivity contribution in [1.82, 2.24) is 9.80 Å². The van der Waals surface area contributed by atoms with Gasteiger partial charge in [0.1, 0.15) is 5.84 Å². The molecule has 38 heavy (non-hydrogen) atoms. The Kier molecular flexibility index (Phi) is 8.62. The van der Waals surface area contributed by atoms with Crippen LogP contribution in [0.5, 0.6) is 0 Å². The molecule has 4 nitrogen and oxygen atoms in total. The lowest BCUT2D eigenvalue weighted by atomic mass is 9.92. The van der Waals surface area contributed by atoms with Crippen LogP contribution in [0, 0.1) is 6.92 Å². The third-order valence-corrected chi connectivity index (χ3v) is 7.35. The highest BCUT2D eigenvalue weighted by Crippen LogP contribution is 2.39. The fraction of sp³-hybridized carbons (Fsp3) is 0.294. The maximum absolute atomic E-state index is 13.4. The van der Waals surface area contributed by atoms with E-state index >= 15 is 0 Å². The molecule has 0 spiro atoms. The SMILES string of the molecule is C=C1C2=C(CN(C(=O)C(C)c3ccc(C)cc3)CC2)N=C(C)N1C(c1ccccc1)c1ccccc1.CC. The number of hydrogen-bond acceptors (Lipinski definition) is 3. The number of amidine groups is 1. The molecule has 3 aromatic rings. The summed E-state index contributed by atoms with van der Waals surface area (Å²) in [5.41, 5.74) is 7.75. The Balaban J connectivity index is 0.00000164. The first-order chi connectivity index (χ1) is 18.4. The minimum Gasteiger partial charge on any atom is -0.336 e. The number of nitrogens with zero attached hydrogens (tertiary/aromatic N) is 3.